The molecule has 1 aliphatic heterocycles. The lowest BCUT2D eigenvalue weighted by atomic mass is 10.1. The summed E-state index contributed by atoms with van der Waals surface area (Å²) in [5, 5.41) is 8.77. The fraction of sp³-hybridized carbons (Fsp3) is 0.375. The topological polar surface area (TPSA) is 32.3 Å². The first-order valence-corrected chi connectivity index (χ1v) is 7.15. The van der Waals surface area contributed by atoms with E-state index in [2.05, 4.69) is 51.3 Å². The molecule has 1 aliphatic rings. The molecule has 3 rings (SSSR count). The zero-order valence-corrected chi connectivity index (χ0v) is 11.9. The van der Waals surface area contributed by atoms with Gasteiger partial charge in [0.1, 0.15) is 0 Å². The number of hydrogen-bond donors (Lipinski definition) is 0. The molecule has 0 bridgehead atoms. The predicted molar refractivity (Wildman–Crippen MR) is 81.8 cm³/mol. The van der Waals surface area contributed by atoms with Crippen LogP contribution in [0.4, 0.5) is 5.82 Å². The number of rotatable bonds is 2. The number of anilines is 1. The molecule has 0 N–H and O–H groups in total. The van der Waals surface area contributed by atoms with E-state index in [1.807, 2.05) is 18.2 Å². The molecule has 4 heteroatoms. The largest absolute Gasteiger partial charge is 0.354 e. The molecule has 1 aromatic heterocycles. The molecule has 0 unspecified atom stereocenters. The van der Waals surface area contributed by atoms with Gasteiger partial charge in [-0.15, -0.1) is 10.2 Å². The minimum Gasteiger partial charge on any atom is -0.354 e. The van der Waals surface area contributed by atoms with Gasteiger partial charge in [-0.3, -0.25) is 0 Å². The molecule has 1 fully saturated rings. The second-order valence-electron chi connectivity index (χ2n) is 5.29. The van der Waals surface area contributed by atoms with Gasteiger partial charge in [-0.2, -0.15) is 0 Å². The van der Waals surface area contributed by atoms with E-state index in [-0.39, 0.29) is 0 Å². The van der Waals surface area contributed by atoms with Gasteiger partial charge in [0, 0.05) is 25.2 Å². The summed E-state index contributed by atoms with van der Waals surface area (Å²) in [5.74, 6) is 0.986. The average molecular weight is 268 g/mol. The smallest absolute Gasteiger partial charge is 0.151 e. The van der Waals surface area contributed by atoms with Crippen LogP contribution in [0.1, 0.15) is 6.42 Å². The van der Waals surface area contributed by atoms with Gasteiger partial charge in [0.05, 0.1) is 5.69 Å². The standard InChI is InChI=1S/C16H20N4/c1-19-10-5-11-20(13-12-19)16-9-8-15(17-18-16)14-6-3-2-4-7-14/h2-4,6-9H,5,10-13H2,1H3. The monoisotopic (exact) mass is 268 g/mol. The summed E-state index contributed by atoms with van der Waals surface area (Å²) < 4.78 is 0. The maximum atomic E-state index is 4.40. The van der Waals surface area contributed by atoms with Crippen molar-refractivity contribution in [1.29, 1.82) is 0 Å². The molecule has 0 atom stereocenters. The number of aromatic nitrogens is 2. The zero-order valence-electron chi connectivity index (χ0n) is 11.9. The molecule has 0 amide bonds. The first kappa shape index (κ1) is 13.1. The summed E-state index contributed by atoms with van der Waals surface area (Å²) in [6.07, 6.45) is 1.18. The fourth-order valence-corrected chi connectivity index (χ4v) is 2.53. The number of hydrogen-bond acceptors (Lipinski definition) is 4. The van der Waals surface area contributed by atoms with Gasteiger partial charge in [-0.1, -0.05) is 30.3 Å². The van der Waals surface area contributed by atoms with Crippen molar-refractivity contribution in [2.75, 3.05) is 38.1 Å². The Kier molecular flexibility index (Phi) is 3.92. The van der Waals surface area contributed by atoms with Crippen LogP contribution < -0.4 is 4.90 Å². The zero-order chi connectivity index (χ0) is 13.8. The molecule has 4 nitrogen and oxygen atoms in total. The highest BCUT2D eigenvalue weighted by molar-refractivity contribution is 5.59. The Morgan fingerprint density at radius 1 is 0.850 bits per heavy atom. The van der Waals surface area contributed by atoms with Crippen molar-refractivity contribution in [2.45, 2.75) is 6.42 Å². The van der Waals surface area contributed by atoms with Crippen LogP contribution in [0.2, 0.25) is 0 Å². The molecule has 0 spiro atoms. The van der Waals surface area contributed by atoms with Crippen LogP contribution in [0.5, 0.6) is 0 Å². The molecule has 2 heterocycles. The van der Waals surface area contributed by atoms with E-state index in [1.54, 1.807) is 0 Å². The second-order valence-corrected chi connectivity index (χ2v) is 5.29. The number of nitrogens with zero attached hydrogens (tertiary/aromatic N) is 4. The molecule has 0 radical (unpaired) electrons. The highest BCUT2D eigenvalue weighted by atomic mass is 15.3. The molecular weight excluding hydrogens is 248 g/mol. The van der Waals surface area contributed by atoms with E-state index in [0.29, 0.717) is 0 Å². The van der Waals surface area contributed by atoms with E-state index in [1.165, 1.54) is 6.42 Å². The van der Waals surface area contributed by atoms with Gasteiger partial charge in [0.25, 0.3) is 0 Å². The van der Waals surface area contributed by atoms with Gasteiger partial charge in [-0.05, 0) is 32.1 Å². The lowest BCUT2D eigenvalue weighted by molar-refractivity contribution is 0.360. The summed E-state index contributed by atoms with van der Waals surface area (Å²) in [5.41, 5.74) is 2.04. The third kappa shape index (κ3) is 2.96. The first-order valence-electron chi connectivity index (χ1n) is 7.15. The maximum absolute atomic E-state index is 4.40. The van der Waals surface area contributed by atoms with Crippen LogP contribution in [0.15, 0.2) is 42.5 Å². The van der Waals surface area contributed by atoms with Crippen molar-refractivity contribution in [3.8, 4) is 11.3 Å². The van der Waals surface area contributed by atoms with Crippen molar-refractivity contribution in [3.63, 3.8) is 0 Å². The Balaban J connectivity index is 1.76. The molecule has 20 heavy (non-hydrogen) atoms. The maximum Gasteiger partial charge on any atom is 0.151 e. The number of benzene rings is 1. The van der Waals surface area contributed by atoms with E-state index < -0.39 is 0 Å². The highest BCUT2D eigenvalue weighted by Crippen LogP contribution is 2.18. The van der Waals surface area contributed by atoms with Gasteiger partial charge in [-0.25, -0.2) is 0 Å². The van der Waals surface area contributed by atoms with Crippen LogP contribution in [0, 0.1) is 0 Å². The van der Waals surface area contributed by atoms with Gasteiger partial charge >= 0.3 is 0 Å². The minimum atomic E-state index is 0.932. The fourth-order valence-electron chi connectivity index (χ4n) is 2.53. The molecule has 0 saturated carbocycles. The molecule has 0 aliphatic carbocycles. The molecular formula is C16H20N4. The molecule has 1 aromatic carbocycles. The van der Waals surface area contributed by atoms with Gasteiger partial charge in [0.15, 0.2) is 5.82 Å². The van der Waals surface area contributed by atoms with Gasteiger partial charge < -0.3 is 9.80 Å². The lowest BCUT2D eigenvalue weighted by Gasteiger charge is -2.20. The van der Waals surface area contributed by atoms with E-state index in [4.69, 9.17) is 0 Å². The van der Waals surface area contributed by atoms with Crippen LogP contribution in [0.3, 0.4) is 0 Å². The summed E-state index contributed by atoms with van der Waals surface area (Å²) in [6.45, 7) is 4.33. The predicted octanol–water partition coefficient (Wildman–Crippen LogP) is 2.29. The highest BCUT2D eigenvalue weighted by Gasteiger charge is 2.14. The molecule has 2 aromatic rings. The molecule has 1 saturated heterocycles. The van der Waals surface area contributed by atoms with Crippen LogP contribution in [0.25, 0.3) is 11.3 Å². The van der Waals surface area contributed by atoms with Crippen molar-refractivity contribution in [1.82, 2.24) is 15.1 Å². The van der Waals surface area contributed by atoms with Crippen LogP contribution in [-0.2, 0) is 0 Å². The third-order valence-electron chi connectivity index (χ3n) is 3.76. The van der Waals surface area contributed by atoms with E-state index in [9.17, 15) is 0 Å². The number of likely N-dealkylation sites (N-methyl/N-ethyl adjacent to an activating group) is 1. The summed E-state index contributed by atoms with van der Waals surface area (Å²) in [7, 11) is 2.17. The Hall–Kier alpha value is -1.94. The average Bonchev–Trinajstić information content (AvgIpc) is 2.73. The first-order chi connectivity index (χ1) is 9.83. The van der Waals surface area contributed by atoms with Crippen molar-refractivity contribution in [2.24, 2.45) is 0 Å². The Morgan fingerprint density at radius 2 is 1.70 bits per heavy atom. The van der Waals surface area contributed by atoms with E-state index >= 15 is 0 Å². The minimum absolute atomic E-state index is 0.932. The van der Waals surface area contributed by atoms with Gasteiger partial charge in [0.2, 0.25) is 0 Å². The Labute approximate surface area is 120 Å². The van der Waals surface area contributed by atoms with Crippen molar-refractivity contribution in [3.05, 3.63) is 42.5 Å². The van der Waals surface area contributed by atoms with Crippen LogP contribution in [-0.4, -0.2) is 48.3 Å². The summed E-state index contributed by atoms with van der Waals surface area (Å²) >= 11 is 0. The van der Waals surface area contributed by atoms with Crippen molar-refractivity contribution >= 4 is 5.82 Å². The summed E-state index contributed by atoms with van der Waals surface area (Å²) in [6, 6.07) is 14.3. The SMILES string of the molecule is CN1CCCN(c2ccc(-c3ccccc3)nn2)CC1. The summed E-state index contributed by atoms with van der Waals surface area (Å²) in [4.78, 5) is 4.69. The Morgan fingerprint density at radius 3 is 2.45 bits per heavy atom. The Bertz CT molecular complexity index is 538. The quantitative estimate of drug-likeness (QED) is 0.836. The molecule has 104 valence electrons. The van der Waals surface area contributed by atoms with Crippen molar-refractivity contribution < 1.29 is 0 Å². The second kappa shape index (κ2) is 6.01. The van der Waals surface area contributed by atoms with E-state index in [0.717, 1.165) is 43.3 Å². The third-order valence-corrected chi connectivity index (χ3v) is 3.76. The van der Waals surface area contributed by atoms with Crippen LogP contribution >= 0.6 is 0 Å². The lowest BCUT2D eigenvalue weighted by Crippen LogP contribution is -2.29. The normalized spacial score (nSPS) is 16.9.